The molecule has 2 aromatic heterocycles. The second-order valence-electron chi connectivity index (χ2n) is 15.7. The first kappa shape index (κ1) is 37.4. The molecule has 5 aliphatic rings. The van der Waals surface area contributed by atoms with E-state index < -0.39 is 17.5 Å². The van der Waals surface area contributed by atoms with Gasteiger partial charge in [-0.05, 0) is 69.2 Å². The lowest BCUT2D eigenvalue weighted by molar-refractivity contribution is -0.155. The molecule has 6 bridgehead atoms. The van der Waals surface area contributed by atoms with Gasteiger partial charge in [0.1, 0.15) is 12.1 Å². The number of hydrazine groups is 1. The largest absolute Gasteiger partial charge is 0.464 e. The Balaban J connectivity index is 1.29. The quantitative estimate of drug-likeness (QED) is 0.379. The maximum atomic E-state index is 14.1. The Labute approximate surface area is 316 Å². The molecule has 0 aromatic carbocycles. The predicted molar refractivity (Wildman–Crippen MR) is 202 cm³/mol. The van der Waals surface area contributed by atoms with Gasteiger partial charge in [0.15, 0.2) is 0 Å². The van der Waals surface area contributed by atoms with Crippen molar-refractivity contribution in [3.63, 3.8) is 0 Å². The number of pyridine rings is 1. The van der Waals surface area contributed by atoms with Gasteiger partial charge < -0.3 is 24.4 Å². The number of cyclic esters (lactones) is 1. The number of amides is 2. The van der Waals surface area contributed by atoms with Crippen LogP contribution in [0.2, 0.25) is 0 Å². The molecule has 13 heteroatoms. The summed E-state index contributed by atoms with van der Waals surface area (Å²) in [5, 5.41) is 7.32. The van der Waals surface area contributed by atoms with E-state index in [1.165, 1.54) is 21.9 Å². The fourth-order valence-corrected chi connectivity index (χ4v) is 9.15. The number of carbonyl (C=O) groups excluding carboxylic acids is 3. The smallest absolute Gasteiger partial charge is 0.324 e. The summed E-state index contributed by atoms with van der Waals surface area (Å²) in [6, 6.07) is 2.67. The van der Waals surface area contributed by atoms with Gasteiger partial charge in [0, 0.05) is 73.8 Å². The van der Waals surface area contributed by atoms with E-state index in [9.17, 15) is 14.4 Å². The molecule has 0 radical (unpaired) electrons. The lowest BCUT2D eigenvalue weighted by Gasteiger charge is -2.37. The monoisotopic (exact) mass is 744 g/mol. The normalized spacial score (nSPS) is 29.1. The van der Waals surface area contributed by atoms with Gasteiger partial charge in [-0.3, -0.25) is 24.4 Å². The van der Waals surface area contributed by atoms with E-state index in [0.717, 1.165) is 39.8 Å². The van der Waals surface area contributed by atoms with Gasteiger partial charge in [-0.2, -0.15) is 0 Å². The highest BCUT2D eigenvalue weighted by atomic mass is 32.1. The molecule has 2 aromatic rings. The molecular weight excluding hydrogens is 693 g/mol. The SMILES string of the molecule is CCN1C(c2cccnc2[C@H](C)OC)=C2CC(C)(C)COC(=O)[C@@H]3CCCN(N3)C(=O)[C@@H](NC(=O)[C@H]3C[C@@H](OC)C3)Cc3nc(cs3)C3=CC2C1C=C3. The van der Waals surface area contributed by atoms with Crippen LogP contribution in [0.5, 0.6) is 0 Å². The minimum Gasteiger partial charge on any atom is -0.464 e. The second kappa shape index (κ2) is 15.4. The van der Waals surface area contributed by atoms with Crippen molar-refractivity contribution in [1.82, 2.24) is 30.6 Å². The number of thiazole rings is 1. The van der Waals surface area contributed by atoms with Crippen molar-refractivity contribution < 1.29 is 28.6 Å². The molecule has 2 N–H and O–H groups in total. The number of methoxy groups -OCH3 is 2. The Bertz CT molecular complexity index is 1810. The lowest BCUT2D eigenvalue weighted by atomic mass is 9.78. The summed E-state index contributed by atoms with van der Waals surface area (Å²) >= 11 is 1.49. The van der Waals surface area contributed by atoms with Crippen LogP contribution in [0, 0.1) is 17.3 Å². The summed E-state index contributed by atoms with van der Waals surface area (Å²) < 4.78 is 17.3. The highest BCUT2D eigenvalue weighted by Gasteiger charge is 2.43. The number of ether oxygens (including phenoxy) is 3. The lowest BCUT2D eigenvalue weighted by Crippen LogP contribution is -2.61. The molecule has 1 saturated carbocycles. The number of hydrogen-bond donors (Lipinski definition) is 2. The molecule has 2 amide bonds. The third-order valence-electron chi connectivity index (χ3n) is 11.4. The van der Waals surface area contributed by atoms with Gasteiger partial charge in [-0.15, -0.1) is 11.3 Å². The van der Waals surface area contributed by atoms with Crippen LogP contribution >= 0.6 is 11.3 Å². The predicted octanol–water partition coefficient (Wildman–Crippen LogP) is 4.85. The van der Waals surface area contributed by atoms with Crippen LogP contribution < -0.4 is 10.7 Å². The van der Waals surface area contributed by atoms with Gasteiger partial charge in [-0.1, -0.05) is 32.1 Å². The first-order valence-electron chi connectivity index (χ1n) is 18.9. The number of nitrogens with one attached hydrogen (secondary N) is 2. The molecule has 3 aliphatic heterocycles. The van der Waals surface area contributed by atoms with Crippen molar-refractivity contribution >= 4 is 40.4 Å². The van der Waals surface area contributed by atoms with Crippen molar-refractivity contribution in [2.45, 2.75) is 96.6 Å². The number of fused-ring (bicyclic) bond motifs is 5. The van der Waals surface area contributed by atoms with Crippen molar-refractivity contribution in [3.8, 4) is 0 Å². The number of allylic oxidation sites excluding steroid dienone is 2. The van der Waals surface area contributed by atoms with Crippen LogP contribution in [0.1, 0.15) is 87.9 Å². The van der Waals surface area contributed by atoms with Gasteiger partial charge in [0.25, 0.3) is 5.91 Å². The molecule has 5 atom stereocenters. The van der Waals surface area contributed by atoms with E-state index >= 15 is 0 Å². The average Bonchev–Trinajstić information content (AvgIpc) is 3.73. The summed E-state index contributed by atoms with van der Waals surface area (Å²) in [5.41, 5.74) is 8.93. The van der Waals surface area contributed by atoms with Crippen molar-refractivity contribution in [3.05, 3.63) is 69.5 Å². The van der Waals surface area contributed by atoms with Gasteiger partial charge in [-0.25, -0.2) is 10.4 Å². The van der Waals surface area contributed by atoms with E-state index in [2.05, 4.69) is 60.7 Å². The Morgan fingerprint density at radius 1 is 1.25 bits per heavy atom. The number of likely N-dealkylation sites (N-methyl/N-ethyl adjacent to an activating group) is 1. The van der Waals surface area contributed by atoms with Crippen LogP contribution in [0.25, 0.3) is 11.3 Å². The first-order chi connectivity index (χ1) is 25.5. The van der Waals surface area contributed by atoms with E-state index in [0.29, 0.717) is 38.6 Å². The minimum absolute atomic E-state index is 0.0375. The van der Waals surface area contributed by atoms with Crippen LogP contribution in [0.4, 0.5) is 0 Å². The third kappa shape index (κ3) is 7.58. The zero-order valence-corrected chi connectivity index (χ0v) is 32.4. The minimum atomic E-state index is -0.850. The zero-order chi connectivity index (χ0) is 37.4. The molecule has 284 valence electrons. The molecule has 5 heterocycles. The molecule has 12 nitrogen and oxygen atoms in total. The molecule has 1 saturated heterocycles. The zero-order valence-electron chi connectivity index (χ0n) is 31.6. The fraction of sp³-hybridized carbons (Fsp3) is 0.575. The highest BCUT2D eigenvalue weighted by Crippen LogP contribution is 2.49. The standard InChI is InChI=1S/C40H52N6O6S/c1-7-45-33-13-12-24-18-28(33)29(36(45)27-10-8-14-41-35(27)23(2)50-5)20-40(3,4)22-52-39(49)30-11-9-15-46(44-30)38(48)31(19-34-42-32(24)21-53-34)43-37(47)25-16-26(17-25)51-6/h8,10,12-14,18,21,23,25-26,28,30-31,33,44H,7,9,11,15-17,19-20,22H2,1-6H3,(H,43,47)/t23-,25-,26+,28?,30-,31-,33?/m0/s1. The van der Waals surface area contributed by atoms with E-state index in [1.54, 1.807) is 14.2 Å². The van der Waals surface area contributed by atoms with Crippen LogP contribution in [-0.4, -0.2) is 95.8 Å². The maximum Gasteiger partial charge on any atom is 0.324 e. The number of aromatic nitrogens is 2. The fourth-order valence-electron chi connectivity index (χ4n) is 8.30. The van der Waals surface area contributed by atoms with Gasteiger partial charge in [0.05, 0.1) is 41.3 Å². The number of carbonyl (C=O) groups is 3. The highest BCUT2D eigenvalue weighted by molar-refractivity contribution is 7.09. The summed E-state index contributed by atoms with van der Waals surface area (Å²) in [6.07, 6.45) is 11.8. The molecular formula is C40H52N6O6S. The number of nitrogens with zero attached hydrogens (tertiary/aromatic N) is 4. The van der Waals surface area contributed by atoms with E-state index in [4.69, 9.17) is 24.2 Å². The molecule has 2 fully saturated rings. The molecule has 0 spiro atoms. The van der Waals surface area contributed by atoms with E-state index in [-0.39, 0.29) is 60.9 Å². The Morgan fingerprint density at radius 2 is 2.06 bits per heavy atom. The second-order valence-corrected chi connectivity index (χ2v) is 16.6. The summed E-state index contributed by atoms with van der Waals surface area (Å²) in [5.74, 6) is -1.01. The Morgan fingerprint density at radius 3 is 2.81 bits per heavy atom. The summed E-state index contributed by atoms with van der Waals surface area (Å²) in [6.45, 7) is 9.89. The van der Waals surface area contributed by atoms with Gasteiger partial charge in [0.2, 0.25) is 5.91 Å². The molecule has 53 heavy (non-hydrogen) atoms. The maximum absolute atomic E-state index is 14.1. The molecule has 2 unspecified atom stereocenters. The number of esters is 1. The third-order valence-corrected chi connectivity index (χ3v) is 12.2. The topological polar surface area (TPSA) is 135 Å². The Kier molecular flexibility index (Phi) is 10.9. The summed E-state index contributed by atoms with van der Waals surface area (Å²) in [4.78, 5) is 53.4. The van der Waals surface area contributed by atoms with Crippen molar-refractivity contribution in [2.24, 2.45) is 17.3 Å². The van der Waals surface area contributed by atoms with Crippen LogP contribution in [-0.2, 0) is 35.0 Å². The molecule has 7 rings (SSSR count). The summed E-state index contributed by atoms with van der Waals surface area (Å²) in [7, 11) is 3.36. The average molecular weight is 745 g/mol. The number of hydrogen-bond acceptors (Lipinski definition) is 11. The Hall–Kier alpha value is -3.91. The van der Waals surface area contributed by atoms with Crippen molar-refractivity contribution in [1.29, 1.82) is 0 Å². The van der Waals surface area contributed by atoms with Crippen LogP contribution in [0.15, 0.2) is 47.5 Å². The van der Waals surface area contributed by atoms with Crippen molar-refractivity contribution in [2.75, 3.05) is 33.9 Å². The number of rotatable bonds is 7. The van der Waals surface area contributed by atoms with E-state index in [1.807, 2.05) is 24.6 Å². The van der Waals surface area contributed by atoms with Crippen LogP contribution in [0.3, 0.4) is 0 Å². The molecule has 2 aliphatic carbocycles. The first-order valence-corrected chi connectivity index (χ1v) is 19.8. The van der Waals surface area contributed by atoms with Gasteiger partial charge >= 0.3 is 5.97 Å².